The van der Waals surface area contributed by atoms with E-state index in [1.54, 1.807) is 18.7 Å². The highest BCUT2D eigenvalue weighted by molar-refractivity contribution is 7.88. The molecule has 25 heavy (non-hydrogen) atoms. The molecule has 0 radical (unpaired) electrons. The summed E-state index contributed by atoms with van der Waals surface area (Å²) in [5.41, 5.74) is -4.61. The summed E-state index contributed by atoms with van der Waals surface area (Å²) in [4.78, 5) is 0. The number of alkyl halides is 3. The number of hydrogen-bond acceptors (Lipinski definition) is 3. The number of benzene rings is 1. The lowest BCUT2D eigenvalue weighted by atomic mass is 10.0. The zero-order valence-corrected chi connectivity index (χ0v) is 16.8. The predicted octanol–water partition coefficient (Wildman–Crippen LogP) is 5.28. The first-order valence-electron chi connectivity index (χ1n) is 8.34. The molecule has 1 saturated carbocycles. The second kappa shape index (κ2) is 6.39. The summed E-state index contributed by atoms with van der Waals surface area (Å²) >= 11 is 0. The van der Waals surface area contributed by atoms with E-state index in [1.165, 1.54) is 0 Å². The molecule has 0 aromatic heterocycles. The third kappa shape index (κ3) is 3.40. The largest absolute Gasteiger partial charge is 0.522 e. The molecule has 8 heteroatoms. The van der Waals surface area contributed by atoms with Gasteiger partial charge in [0.2, 0.25) is 8.32 Å². The Bertz CT molecular complexity index is 710. The van der Waals surface area contributed by atoms with Crippen LogP contribution in [0.1, 0.15) is 52.0 Å². The fourth-order valence-corrected chi connectivity index (χ4v) is 11.3. The molecule has 0 aliphatic heterocycles. The summed E-state index contributed by atoms with van der Waals surface area (Å²) in [5, 5.41) is -1.36. The van der Waals surface area contributed by atoms with E-state index in [4.69, 9.17) is 3.87 Å². The van der Waals surface area contributed by atoms with Gasteiger partial charge in [-0.3, -0.25) is 0 Å². The van der Waals surface area contributed by atoms with Crippen LogP contribution in [-0.4, -0.2) is 22.2 Å². The van der Waals surface area contributed by atoms with Gasteiger partial charge < -0.3 is 3.87 Å². The normalized spacial score (nSPS) is 21.1. The van der Waals surface area contributed by atoms with Crippen molar-refractivity contribution in [2.24, 2.45) is 0 Å². The average molecular weight is 395 g/mol. The maximum absolute atomic E-state index is 13.1. The van der Waals surface area contributed by atoms with Gasteiger partial charge in [0.05, 0.1) is 0 Å². The van der Waals surface area contributed by atoms with E-state index in [1.807, 2.05) is 39.0 Å². The van der Waals surface area contributed by atoms with E-state index in [-0.39, 0.29) is 0 Å². The first kappa shape index (κ1) is 20.4. The SMILES string of the molecule is CC1([Si](C)(OS(=O)(=O)C(F)(F)F)C(C)(C)c2ccccc2)CCCC1. The summed E-state index contributed by atoms with van der Waals surface area (Å²) in [6.07, 6.45) is 3.11. The minimum absolute atomic E-state index is 0.551. The van der Waals surface area contributed by atoms with Crippen molar-refractivity contribution in [1.82, 2.24) is 0 Å². The molecule has 2 rings (SSSR count). The van der Waals surface area contributed by atoms with Crippen molar-refractivity contribution >= 4 is 18.4 Å². The van der Waals surface area contributed by atoms with Crippen molar-refractivity contribution in [1.29, 1.82) is 0 Å². The van der Waals surface area contributed by atoms with E-state index < -0.39 is 34.0 Å². The molecule has 3 nitrogen and oxygen atoms in total. The minimum Gasteiger partial charge on any atom is -0.307 e. The Labute approximate surface area is 148 Å². The van der Waals surface area contributed by atoms with Gasteiger partial charge in [-0.15, -0.1) is 0 Å². The van der Waals surface area contributed by atoms with Gasteiger partial charge in [-0.05, 0) is 30.0 Å². The first-order chi connectivity index (χ1) is 11.3. The molecule has 1 atom stereocenters. The lowest BCUT2D eigenvalue weighted by Crippen LogP contribution is -2.61. The van der Waals surface area contributed by atoms with Crippen molar-refractivity contribution in [3.8, 4) is 0 Å². The van der Waals surface area contributed by atoms with E-state index >= 15 is 0 Å². The second-order valence-electron chi connectivity index (χ2n) is 7.78. The van der Waals surface area contributed by atoms with Crippen LogP contribution in [0.15, 0.2) is 30.3 Å². The highest BCUT2D eigenvalue weighted by Gasteiger charge is 2.64. The quantitative estimate of drug-likeness (QED) is 0.504. The molecule has 0 saturated heterocycles. The van der Waals surface area contributed by atoms with Crippen LogP contribution in [0.4, 0.5) is 13.2 Å². The van der Waals surface area contributed by atoms with Gasteiger partial charge in [0.1, 0.15) is 0 Å². The van der Waals surface area contributed by atoms with Crippen LogP contribution in [0, 0.1) is 0 Å². The van der Waals surface area contributed by atoms with Crippen LogP contribution in [0.3, 0.4) is 0 Å². The smallest absolute Gasteiger partial charge is 0.307 e. The van der Waals surface area contributed by atoms with Gasteiger partial charge >= 0.3 is 15.6 Å². The molecule has 1 unspecified atom stereocenters. The maximum Gasteiger partial charge on any atom is 0.522 e. The highest BCUT2D eigenvalue weighted by Crippen LogP contribution is 2.59. The molecule has 1 aromatic carbocycles. The Morgan fingerprint density at radius 2 is 1.56 bits per heavy atom. The fraction of sp³-hybridized carbons (Fsp3) is 0.647. The molecule has 0 heterocycles. The summed E-state index contributed by atoms with van der Waals surface area (Å²) in [7, 11) is -9.12. The number of hydrogen-bond donors (Lipinski definition) is 0. The Hall–Kier alpha value is -0.863. The standard InChI is InChI=1S/C17H25F3O3SSi/c1-15(2,14-10-6-5-7-11-14)25(4,16(3)12-8-9-13-16)23-24(21,22)17(18,19)20/h5-7,10-11H,8-9,12-13H2,1-4H3. The predicted molar refractivity (Wildman–Crippen MR) is 94.0 cm³/mol. The van der Waals surface area contributed by atoms with Crippen LogP contribution >= 0.6 is 0 Å². The summed E-state index contributed by atoms with van der Waals surface area (Å²) in [5.74, 6) is 0. The molecular weight excluding hydrogens is 369 g/mol. The van der Waals surface area contributed by atoms with Crippen LogP contribution in [0.5, 0.6) is 0 Å². The molecule has 0 bridgehead atoms. The van der Waals surface area contributed by atoms with Gasteiger partial charge in [0.15, 0.2) is 0 Å². The van der Waals surface area contributed by atoms with E-state index in [0.29, 0.717) is 12.8 Å². The van der Waals surface area contributed by atoms with Crippen LogP contribution < -0.4 is 0 Å². The van der Waals surface area contributed by atoms with E-state index in [0.717, 1.165) is 18.4 Å². The second-order valence-corrected chi connectivity index (χ2v) is 14.3. The van der Waals surface area contributed by atoms with Crippen molar-refractivity contribution in [2.75, 3.05) is 0 Å². The summed E-state index contributed by atoms with van der Waals surface area (Å²) in [6.45, 7) is 7.16. The molecule has 0 amide bonds. The molecular formula is C17H25F3O3SSi. The molecule has 1 aliphatic rings. The van der Waals surface area contributed by atoms with Crippen LogP contribution in [-0.2, 0) is 19.0 Å². The topological polar surface area (TPSA) is 43.4 Å². The van der Waals surface area contributed by atoms with Gasteiger partial charge in [-0.2, -0.15) is 21.6 Å². The van der Waals surface area contributed by atoms with Gasteiger partial charge in [0, 0.05) is 5.04 Å². The molecule has 1 aromatic rings. The zero-order chi connectivity index (χ0) is 19.1. The van der Waals surface area contributed by atoms with Gasteiger partial charge in [-0.25, -0.2) is 0 Å². The Morgan fingerprint density at radius 3 is 2.00 bits per heavy atom. The fourth-order valence-electron chi connectivity index (χ4n) is 3.99. The number of halogens is 3. The zero-order valence-electron chi connectivity index (χ0n) is 15.0. The lowest BCUT2D eigenvalue weighted by molar-refractivity contribution is -0.0507. The van der Waals surface area contributed by atoms with E-state index in [9.17, 15) is 21.6 Å². The third-order valence-corrected chi connectivity index (χ3v) is 14.4. The highest BCUT2D eigenvalue weighted by atomic mass is 32.2. The van der Waals surface area contributed by atoms with Crippen LogP contribution in [0.2, 0.25) is 11.6 Å². The first-order valence-corrected chi connectivity index (χ1v) is 12.2. The van der Waals surface area contributed by atoms with Crippen molar-refractivity contribution in [2.45, 2.75) is 68.6 Å². The minimum atomic E-state index is -5.66. The third-order valence-electron chi connectivity index (χ3n) is 6.11. The molecule has 0 spiro atoms. The van der Waals surface area contributed by atoms with Gasteiger partial charge in [0.25, 0.3) is 0 Å². The van der Waals surface area contributed by atoms with Crippen molar-refractivity contribution in [3.05, 3.63) is 35.9 Å². The Balaban J connectivity index is 2.62. The van der Waals surface area contributed by atoms with E-state index in [2.05, 4.69) is 0 Å². The number of rotatable bonds is 5. The van der Waals surface area contributed by atoms with Gasteiger partial charge in [-0.1, -0.05) is 63.9 Å². The summed E-state index contributed by atoms with van der Waals surface area (Å²) in [6, 6.07) is 9.09. The molecule has 0 N–H and O–H groups in total. The molecule has 1 fully saturated rings. The average Bonchev–Trinajstić information content (AvgIpc) is 2.95. The monoisotopic (exact) mass is 394 g/mol. The maximum atomic E-state index is 13.1. The Kier molecular flexibility index (Phi) is 5.22. The Morgan fingerprint density at radius 1 is 1.08 bits per heavy atom. The molecule has 142 valence electrons. The lowest BCUT2D eigenvalue weighted by Gasteiger charge is -2.50. The summed E-state index contributed by atoms with van der Waals surface area (Å²) < 4.78 is 68.3. The van der Waals surface area contributed by atoms with Crippen LogP contribution in [0.25, 0.3) is 0 Å². The van der Waals surface area contributed by atoms with Crippen molar-refractivity contribution < 1.29 is 25.5 Å². The van der Waals surface area contributed by atoms with Crippen molar-refractivity contribution in [3.63, 3.8) is 0 Å². The molecule has 1 aliphatic carbocycles.